The molecule has 1 aliphatic carbocycles. The first-order valence-corrected chi connectivity index (χ1v) is 16.5. The molecule has 1 saturated heterocycles. The Bertz CT molecular complexity index is 1840. The number of aromatic nitrogens is 6. The van der Waals surface area contributed by atoms with Gasteiger partial charge in [-0.15, -0.1) is 0 Å². The summed E-state index contributed by atoms with van der Waals surface area (Å²) in [4.78, 5) is 60.1. The predicted octanol–water partition coefficient (Wildman–Crippen LogP) is 4.69. The van der Waals surface area contributed by atoms with Crippen molar-refractivity contribution in [2.45, 2.75) is 77.4 Å². The molecule has 3 atom stereocenters. The van der Waals surface area contributed by atoms with E-state index in [4.69, 9.17) is 4.74 Å². The van der Waals surface area contributed by atoms with Crippen molar-refractivity contribution >= 4 is 50.2 Å². The molecule has 12 nitrogen and oxygen atoms in total. The van der Waals surface area contributed by atoms with E-state index < -0.39 is 6.04 Å². The summed E-state index contributed by atoms with van der Waals surface area (Å²) in [5.41, 5.74) is 2.83. The molecular weight excluding hydrogens is 652 g/mol. The average molecular weight is 688 g/mol. The van der Waals surface area contributed by atoms with Gasteiger partial charge in [0.2, 0.25) is 11.8 Å². The number of carbonyl (C=O) groups is 3. The lowest BCUT2D eigenvalue weighted by molar-refractivity contribution is -0.138. The second-order valence-corrected chi connectivity index (χ2v) is 13.4. The van der Waals surface area contributed by atoms with E-state index in [-0.39, 0.29) is 41.3 Å². The average Bonchev–Trinajstić information content (AvgIpc) is 3.45. The number of carbonyl (C=O) groups excluding carboxylic acids is 3. The quantitative estimate of drug-likeness (QED) is 0.239. The third kappa shape index (κ3) is 5.81. The highest BCUT2D eigenvalue weighted by atomic mass is 79.9. The Labute approximate surface area is 274 Å². The van der Waals surface area contributed by atoms with Crippen LogP contribution in [0.15, 0.2) is 41.4 Å². The Morgan fingerprint density at radius 1 is 1.09 bits per heavy atom. The van der Waals surface area contributed by atoms with Crippen LogP contribution in [0.3, 0.4) is 0 Å². The van der Waals surface area contributed by atoms with Crippen LogP contribution < -0.4 is 5.32 Å². The summed E-state index contributed by atoms with van der Waals surface area (Å²) in [5, 5.41) is 8.20. The summed E-state index contributed by atoms with van der Waals surface area (Å²) in [6, 6.07) is 4.86. The molecule has 2 bridgehead atoms. The molecule has 4 aromatic rings. The molecule has 0 radical (unpaired) electrons. The fraction of sp³-hybridized carbons (Fsp3) is 0.455. The van der Waals surface area contributed by atoms with E-state index in [0.717, 1.165) is 44.1 Å². The van der Waals surface area contributed by atoms with Crippen molar-refractivity contribution in [3.63, 3.8) is 0 Å². The second-order valence-electron chi connectivity index (χ2n) is 12.6. The molecule has 2 aliphatic heterocycles. The highest BCUT2D eigenvalue weighted by Gasteiger charge is 2.67. The number of amides is 2. The van der Waals surface area contributed by atoms with Crippen molar-refractivity contribution in [3.05, 3.63) is 58.5 Å². The monoisotopic (exact) mass is 686 g/mol. The van der Waals surface area contributed by atoms with Crippen LogP contribution >= 0.6 is 15.9 Å². The van der Waals surface area contributed by atoms with Gasteiger partial charge in [0.25, 0.3) is 0 Å². The van der Waals surface area contributed by atoms with E-state index in [9.17, 15) is 14.4 Å². The first-order valence-electron chi connectivity index (χ1n) is 15.7. The van der Waals surface area contributed by atoms with Crippen LogP contribution in [0.4, 0.5) is 5.82 Å². The van der Waals surface area contributed by atoms with Crippen molar-refractivity contribution in [1.82, 2.24) is 34.6 Å². The maximum Gasteiger partial charge on any atom is 0.248 e. The van der Waals surface area contributed by atoms with Gasteiger partial charge in [-0.3, -0.25) is 24.0 Å². The number of ketones is 1. The number of rotatable bonds is 4. The van der Waals surface area contributed by atoms with Gasteiger partial charge in [0.15, 0.2) is 5.78 Å². The van der Waals surface area contributed by atoms with Crippen molar-refractivity contribution < 1.29 is 19.1 Å². The number of fused-ring (bicyclic) bond motifs is 3. The molecule has 1 N–H and O–H groups in total. The summed E-state index contributed by atoms with van der Waals surface area (Å²) in [7, 11) is 0. The van der Waals surface area contributed by atoms with Gasteiger partial charge in [-0.2, -0.15) is 5.10 Å². The second kappa shape index (κ2) is 12.3. The van der Waals surface area contributed by atoms with Gasteiger partial charge < -0.3 is 15.0 Å². The van der Waals surface area contributed by atoms with Gasteiger partial charge >= 0.3 is 0 Å². The van der Waals surface area contributed by atoms with E-state index in [1.807, 2.05) is 12.1 Å². The summed E-state index contributed by atoms with van der Waals surface area (Å²) < 4.78 is 8.28. The van der Waals surface area contributed by atoms with Gasteiger partial charge in [-0.1, -0.05) is 18.9 Å². The van der Waals surface area contributed by atoms with Gasteiger partial charge in [0.1, 0.15) is 34.5 Å². The molecule has 6 heterocycles. The molecule has 1 saturated carbocycles. The molecule has 0 aromatic carbocycles. The number of halogens is 1. The number of nitrogens with zero attached hydrogens (tertiary/aromatic N) is 7. The van der Waals surface area contributed by atoms with E-state index in [0.29, 0.717) is 58.0 Å². The van der Waals surface area contributed by atoms with E-state index in [1.54, 1.807) is 36.5 Å². The van der Waals surface area contributed by atoms with Crippen molar-refractivity contribution in [2.24, 2.45) is 5.41 Å². The molecule has 46 heavy (non-hydrogen) atoms. The molecule has 238 valence electrons. The third-order valence-electron chi connectivity index (χ3n) is 9.40. The zero-order valence-corrected chi connectivity index (χ0v) is 27.4. The predicted molar refractivity (Wildman–Crippen MR) is 173 cm³/mol. The minimum absolute atomic E-state index is 0.112. The SMILES string of the molecule is CC(=O)c1nn(CC(=O)N2C3C[C@@]34COCCCCCCc3ccc(Br)nc3NC(=O)[C@@H]2C4)c2cnc(-c3cnc(C)nc3)cc12. The standard InChI is InChI=1S/C33H35BrN8O4/c1-19(43)30-23-11-24(22-14-35-20(2)36-15-22)37-16-26(23)41(40-30)17-29(44)42-25-12-33(13-27(33)42)18-46-10-6-4-3-5-7-21-8-9-28(34)38-31(21)39-32(25)45/h8-9,11,14-16,25,27H,3-7,10,12-13,17-18H2,1-2H3,(H,38,39,45)/t25-,27?,33-/m0/s1. The number of aryl methyl sites for hydroxylation is 2. The minimum atomic E-state index is -0.686. The Kier molecular flexibility index (Phi) is 8.14. The summed E-state index contributed by atoms with van der Waals surface area (Å²) in [6.45, 7) is 4.29. The van der Waals surface area contributed by atoms with Crippen LogP contribution in [-0.2, 0) is 27.3 Å². The van der Waals surface area contributed by atoms with Crippen molar-refractivity contribution in [2.75, 3.05) is 18.5 Å². The maximum absolute atomic E-state index is 14.2. The lowest BCUT2D eigenvalue weighted by Crippen LogP contribution is -2.47. The van der Waals surface area contributed by atoms with E-state index >= 15 is 0 Å². The first kappa shape index (κ1) is 30.5. The normalized spacial score (nSPS) is 23.2. The van der Waals surface area contributed by atoms with Gasteiger partial charge in [-0.25, -0.2) is 15.0 Å². The Morgan fingerprint density at radius 3 is 2.70 bits per heavy atom. The molecule has 4 aromatic heterocycles. The molecule has 13 heteroatoms. The largest absolute Gasteiger partial charge is 0.381 e. The summed E-state index contributed by atoms with van der Waals surface area (Å²) >= 11 is 3.44. The van der Waals surface area contributed by atoms with Crippen LogP contribution in [0, 0.1) is 12.3 Å². The number of nitrogens with one attached hydrogen (secondary N) is 1. The Hall–Kier alpha value is -4.10. The van der Waals surface area contributed by atoms with Gasteiger partial charge in [0, 0.05) is 48.3 Å². The van der Waals surface area contributed by atoms with Crippen LogP contribution in [0.5, 0.6) is 0 Å². The molecular formula is C33H35BrN8O4. The fourth-order valence-corrected chi connectivity index (χ4v) is 7.20. The van der Waals surface area contributed by atoms with Crippen LogP contribution in [0.2, 0.25) is 0 Å². The van der Waals surface area contributed by atoms with E-state index in [1.165, 1.54) is 11.6 Å². The third-order valence-corrected chi connectivity index (χ3v) is 9.84. The Balaban J connectivity index is 1.19. The first-order chi connectivity index (χ1) is 22.2. The number of Topliss-reactive ketones (excluding diaryl/α,β-unsaturated/α-hetero) is 1. The lowest BCUT2D eigenvalue weighted by atomic mass is 10.00. The molecule has 2 fully saturated rings. The fourth-order valence-electron chi connectivity index (χ4n) is 6.89. The number of likely N-dealkylation sites (tertiary alicyclic amines) is 1. The van der Waals surface area contributed by atoms with Crippen molar-refractivity contribution in [1.29, 1.82) is 0 Å². The molecule has 1 spiro atoms. The van der Waals surface area contributed by atoms with Crippen LogP contribution in [0.25, 0.3) is 22.2 Å². The minimum Gasteiger partial charge on any atom is -0.381 e. The Morgan fingerprint density at radius 2 is 1.89 bits per heavy atom. The summed E-state index contributed by atoms with van der Waals surface area (Å²) in [6.07, 6.45) is 11.2. The molecule has 7 rings (SSSR count). The number of pyridine rings is 2. The highest BCUT2D eigenvalue weighted by molar-refractivity contribution is 9.10. The zero-order chi connectivity index (χ0) is 32.0. The molecule has 2 amide bonds. The van der Waals surface area contributed by atoms with Crippen LogP contribution in [-0.4, -0.2) is 77.5 Å². The smallest absolute Gasteiger partial charge is 0.248 e. The number of piperidine rings is 1. The lowest BCUT2D eigenvalue weighted by Gasteiger charge is -2.27. The van der Waals surface area contributed by atoms with Gasteiger partial charge in [-0.05, 0) is 72.7 Å². The molecule has 3 aliphatic rings. The topological polar surface area (TPSA) is 145 Å². The van der Waals surface area contributed by atoms with Crippen molar-refractivity contribution in [3.8, 4) is 11.3 Å². The van der Waals surface area contributed by atoms with Gasteiger partial charge in [0.05, 0.1) is 24.0 Å². The maximum atomic E-state index is 14.2. The number of hydrogen-bond donors (Lipinski definition) is 1. The molecule has 1 unspecified atom stereocenters. The van der Waals surface area contributed by atoms with E-state index in [2.05, 4.69) is 46.3 Å². The highest BCUT2D eigenvalue weighted by Crippen LogP contribution is 2.60. The number of ether oxygens (including phenoxy) is 1. The van der Waals surface area contributed by atoms with Crippen LogP contribution in [0.1, 0.15) is 67.3 Å². The number of hydrogen-bond acceptors (Lipinski definition) is 9. The summed E-state index contributed by atoms with van der Waals surface area (Å²) in [5.74, 6) is 0.433. The number of anilines is 1. The zero-order valence-electron chi connectivity index (χ0n) is 25.8.